The van der Waals surface area contributed by atoms with Crippen molar-refractivity contribution in [3.8, 4) is 0 Å². The molecule has 1 rings (SSSR count). The molecule has 1 aromatic heterocycles. The molecule has 56 valence electrons. The largest absolute Gasteiger partial charge is 0.330 e. The molecule has 4 heteroatoms. The highest BCUT2D eigenvalue weighted by Crippen LogP contribution is 2.05. The number of H-pyrrole nitrogens is 2. The van der Waals surface area contributed by atoms with Gasteiger partial charge in [0.25, 0.3) is 5.56 Å². The number of aromatic nitrogens is 2. The van der Waals surface area contributed by atoms with E-state index in [1.165, 1.54) is 6.07 Å². The summed E-state index contributed by atoms with van der Waals surface area (Å²) in [6.07, 6.45) is 0. The van der Waals surface area contributed by atoms with Gasteiger partial charge in [-0.25, -0.2) is 0 Å². The normalized spacial score (nSPS) is 13.4. The average Bonchev–Trinajstić information content (AvgIpc) is 2.34. The van der Waals surface area contributed by atoms with Crippen LogP contribution in [0.2, 0.25) is 0 Å². The first kappa shape index (κ1) is 7.08. The first-order chi connectivity index (χ1) is 4.74. The Hall–Kier alpha value is -1.03. The summed E-state index contributed by atoms with van der Waals surface area (Å²) in [6.45, 7) is 2.51. The molecule has 1 unspecified atom stereocenters. The van der Waals surface area contributed by atoms with Crippen LogP contribution in [0, 0.1) is 0 Å². The van der Waals surface area contributed by atoms with Gasteiger partial charge in [-0.1, -0.05) is 6.92 Å². The Balaban J connectivity index is 2.84. The van der Waals surface area contributed by atoms with Crippen LogP contribution in [0.5, 0.6) is 0 Å². The Labute approximate surface area is 58.4 Å². The fourth-order valence-electron chi connectivity index (χ4n) is 0.740. The number of aromatic amines is 2. The van der Waals surface area contributed by atoms with Crippen molar-refractivity contribution in [2.24, 2.45) is 5.73 Å². The Kier molecular flexibility index (Phi) is 1.91. The number of hydrogen-bond donors (Lipinski definition) is 3. The second-order valence-corrected chi connectivity index (χ2v) is 2.35. The van der Waals surface area contributed by atoms with Crippen LogP contribution in [0.1, 0.15) is 18.5 Å². The van der Waals surface area contributed by atoms with Gasteiger partial charge in [0, 0.05) is 24.2 Å². The van der Waals surface area contributed by atoms with Crippen molar-refractivity contribution in [1.29, 1.82) is 0 Å². The molecular weight excluding hydrogens is 130 g/mol. The van der Waals surface area contributed by atoms with Gasteiger partial charge in [-0.2, -0.15) is 0 Å². The molecule has 0 bridgehead atoms. The molecule has 1 aromatic rings. The van der Waals surface area contributed by atoms with Gasteiger partial charge < -0.3 is 10.8 Å². The van der Waals surface area contributed by atoms with Crippen LogP contribution in [0.15, 0.2) is 10.9 Å². The molecule has 10 heavy (non-hydrogen) atoms. The zero-order valence-corrected chi connectivity index (χ0v) is 5.85. The summed E-state index contributed by atoms with van der Waals surface area (Å²) in [5.74, 6) is 0.221. The van der Waals surface area contributed by atoms with Crippen molar-refractivity contribution < 1.29 is 0 Å². The highest BCUT2D eigenvalue weighted by atomic mass is 16.1. The fraction of sp³-hybridized carbons (Fsp3) is 0.500. The minimum atomic E-state index is -0.102. The molecule has 0 fully saturated rings. The fourth-order valence-corrected chi connectivity index (χ4v) is 0.740. The molecule has 0 amide bonds. The quantitative estimate of drug-likeness (QED) is 0.532. The SMILES string of the molecule is CC(CN)c1cc(=O)[nH][nH]1. The zero-order chi connectivity index (χ0) is 7.56. The standard InChI is InChI=1S/C6H11N3O/c1-4(3-7)5-2-6(10)9-8-5/h2,4H,3,7H2,1H3,(H2,8,9,10). The summed E-state index contributed by atoms with van der Waals surface area (Å²) in [7, 11) is 0. The lowest BCUT2D eigenvalue weighted by Crippen LogP contribution is -2.09. The molecule has 0 spiro atoms. The highest BCUT2D eigenvalue weighted by molar-refractivity contribution is 5.04. The molecule has 0 aliphatic rings. The van der Waals surface area contributed by atoms with Crippen LogP contribution in [-0.4, -0.2) is 16.7 Å². The van der Waals surface area contributed by atoms with E-state index in [1.807, 2.05) is 6.92 Å². The highest BCUT2D eigenvalue weighted by Gasteiger charge is 2.03. The predicted octanol–water partition coefficient (Wildman–Crippen LogP) is -0.235. The molecule has 0 aromatic carbocycles. The maximum atomic E-state index is 10.6. The molecule has 1 atom stereocenters. The number of rotatable bonds is 2. The molecule has 0 saturated heterocycles. The first-order valence-electron chi connectivity index (χ1n) is 3.21. The Morgan fingerprint density at radius 2 is 2.40 bits per heavy atom. The summed E-state index contributed by atoms with van der Waals surface area (Å²) >= 11 is 0. The molecule has 0 aliphatic heterocycles. The van der Waals surface area contributed by atoms with Crippen molar-refractivity contribution in [3.05, 3.63) is 22.1 Å². The van der Waals surface area contributed by atoms with Gasteiger partial charge >= 0.3 is 0 Å². The minimum Gasteiger partial charge on any atom is -0.330 e. The van der Waals surface area contributed by atoms with E-state index in [1.54, 1.807) is 0 Å². The van der Waals surface area contributed by atoms with Crippen LogP contribution in [0.3, 0.4) is 0 Å². The third-order valence-electron chi connectivity index (χ3n) is 1.50. The average molecular weight is 141 g/mol. The summed E-state index contributed by atoms with van der Waals surface area (Å²) < 4.78 is 0. The van der Waals surface area contributed by atoms with Crippen molar-refractivity contribution in [1.82, 2.24) is 10.2 Å². The van der Waals surface area contributed by atoms with Crippen molar-refractivity contribution in [3.63, 3.8) is 0 Å². The van der Waals surface area contributed by atoms with Crippen molar-refractivity contribution >= 4 is 0 Å². The topological polar surface area (TPSA) is 74.7 Å². The maximum absolute atomic E-state index is 10.6. The smallest absolute Gasteiger partial charge is 0.264 e. The molecular formula is C6H11N3O. The summed E-state index contributed by atoms with van der Waals surface area (Å²) in [5, 5.41) is 5.19. The van der Waals surface area contributed by atoms with E-state index in [4.69, 9.17) is 5.73 Å². The molecule has 1 heterocycles. The van der Waals surface area contributed by atoms with Gasteiger partial charge in [0.2, 0.25) is 0 Å². The molecule has 4 nitrogen and oxygen atoms in total. The Morgan fingerprint density at radius 1 is 1.70 bits per heavy atom. The van der Waals surface area contributed by atoms with E-state index in [0.29, 0.717) is 6.54 Å². The van der Waals surface area contributed by atoms with Crippen LogP contribution < -0.4 is 11.3 Å². The van der Waals surface area contributed by atoms with E-state index < -0.39 is 0 Å². The lowest BCUT2D eigenvalue weighted by Gasteiger charge is -2.02. The number of nitrogens with one attached hydrogen (secondary N) is 2. The van der Waals surface area contributed by atoms with Crippen molar-refractivity contribution in [2.75, 3.05) is 6.54 Å². The van der Waals surface area contributed by atoms with E-state index >= 15 is 0 Å². The monoisotopic (exact) mass is 141 g/mol. The van der Waals surface area contributed by atoms with Gasteiger partial charge in [0.1, 0.15) is 0 Å². The Morgan fingerprint density at radius 3 is 2.80 bits per heavy atom. The summed E-state index contributed by atoms with van der Waals surface area (Å²) in [6, 6.07) is 1.53. The van der Waals surface area contributed by atoms with Crippen LogP contribution in [0.25, 0.3) is 0 Å². The van der Waals surface area contributed by atoms with Gasteiger partial charge in [-0.05, 0) is 0 Å². The first-order valence-corrected chi connectivity index (χ1v) is 3.21. The third-order valence-corrected chi connectivity index (χ3v) is 1.50. The minimum absolute atomic E-state index is 0.102. The molecule has 0 aliphatic carbocycles. The van der Waals surface area contributed by atoms with Gasteiger partial charge in [0.05, 0.1) is 0 Å². The van der Waals surface area contributed by atoms with E-state index in [0.717, 1.165) is 5.69 Å². The summed E-state index contributed by atoms with van der Waals surface area (Å²) in [4.78, 5) is 10.6. The lowest BCUT2D eigenvalue weighted by atomic mass is 10.1. The molecule has 4 N–H and O–H groups in total. The second kappa shape index (κ2) is 2.70. The molecule has 0 saturated carbocycles. The number of nitrogens with two attached hydrogens (primary N) is 1. The van der Waals surface area contributed by atoms with Crippen LogP contribution in [-0.2, 0) is 0 Å². The van der Waals surface area contributed by atoms with Crippen LogP contribution in [0.4, 0.5) is 0 Å². The van der Waals surface area contributed by atoms with Crippen molar-refractivity contribution in [2.45, 2.75) is 12.8 Å². The Bertz CT molecular complexity index is 249. The molecule has 0 radical (unpaired) electrons. The van der Waals surface area contributed by atoms with E-state index in [2.05, 4.69) is 10.2 Å². The predicted molar refractivity (Wildman–Crippen MR) is 38.9 cm³/mol. The third kappa shape index (κ3) is 1.27. The maximum Gasteiger partial charge on any atom is 0.264 e. The summed E-state index contributed by atoms with van der Waals surface area (Å²) in [5.41, 5.74) is 6.14. The van der Waals surface area contributed by atoms with Gasteiger partial charge in [0.15, 0.2) is 0 Å². The lowest BCUT2D eigenvalue weighted by molar-refractivity contribution is 0.739. The number of hydrogen-bond acceptors (Lipinski definition) is 2. The van der Waals surface area contributed by atoms with Gasteiger partial charge in [-0.3, -0.25) is 9.89 Å². The van der Waals surface area contributed by atoms with Gasteiger partial charge in [-0.15, -0.1) is 0 Å². The zero-order valence-electron chi connectivity index (χ0n) is 5.85. The van der Waals surface area contributed by atoms with E-state index in [-0.39, 0.29) is 11.5 Å². The second-order valence-electron chi connectivity index (χ2n) is 2.35. The van der Waals surface area contributed by atoms with E-state index in [9.17, 15) is 4.79 Å². The van der Waals surface area contributed by atoms with Crippen LogP contribution >= 0.6 is 0 Å².